The van der Waals surface area contributed by atoms with E-state index in [1.54, 1.807) is 0 Å². The van der Waals surface area contributed by atoms with Crippen LogP contribution in [0.2, 0.25) is 6.82 Å². The first-order valence-electron chi connectivity index (χ1n) is 5.07. The van der Waals surface area contributed by atoms with Gasteiger partial charge in [0, 0.05) is 0 Å². The lowest BCUT2D eigenvalue weighted by molar-refractivity contribution is 0.177. The van der Waals surface area contributed by atoms with E-state index in [1.165, 1.54) is 12.8 Å². The minimum atomic E-state index is -0.258. The van der Waals surface area contributed by atoms with Crippen molar-refractivity contribution in [1.82, 2.24) is 4.81 Å². The van der Waals surface area contributed by atoms with E-state index < -0.39 is 0 Å². The molecule has 0 amide bonds. The number of hydrogen-bond donors (Lipinski definition) is 1. The summed E-state index contributed by atoms with van der Waals surface area (Å²) in [6.45, 7) is 8.58. The van der Waals surface area contributed by atoms with E-state index in [1.807, 2.05) is 6.82 Å². The molecule has 70 valence electrons. The van der Waals surface area contributed by atoms with Crippen molar-refractivity contribution in [1.29, 1.82) is 0 Å². The van der Waals surface area contributed by atoms with Crippen LogP contribution in [0.15, 0.2) is 0 Å². The lowest BCUT2D eigenvalue weighted by Gasteiger charge is -2.37. The average Bonchev–Trinajstić information content (AvgIpc) is 2.05. The SMILES string of the molecule is CCC1CN(B(C)O)CCC1C. The minimum Gasteiger partial charge on any atom is -0.437 e. The van der Waals surface area contributed by atoms with Gasteiger partial charge in [-0.1, -0.05) is 20.3 Å². The molecule has 1 aliphatic heterocycles. The standard InChI is InChI=1S/C9H20BNO/c1-4-9-7-11(10(3)12)6-5-8(9)2/h8-9,12H,4-7H2,1-3H3. The van der Waals surface area contributed by atoms with Gasteiger partial charge in [-0.05, 0) is 38.2 Å². The van der Waals surface area contributed by atoms with Crippen molar-refractivity contribution in [2.45, 2.75) is 33.5 Å². The summed E-state index contributed by atoms with van der Waals surface area (Å²) in [7, 11) is -0.258. The molecule has 2 atom stereocenters. The molecule has 1 N–H and O–H groups in total. The fourth-order valence-corrected chi connectivity index (χ4v) is 2.05. The van der Waals surface area contributed by atoms with Crippen LogP contribution >= 0.6 is 0 Å². The fourth-order valence-electron chi connectivity index (χ4n) is 2.05. The van der Waals surface area contributed by atoms with Crippen molar-refractivity contribution in [3.63, 3.8) is 0 Å². The van der Waals surface area contributed by atoms with Crippen molar-refractivity contribution >= 4 is 7.05 Å². The van der Waals surface area contributed by atoms with E-state index in [4.69, 9.17) is 0 Å². The van der Waals surface area contributed by atoms with Crippen molar-refractivity contribution in [2.24, 2.45) is 11.8 Å². The molecule has 0 aromatic heterocycles. The molecule has 0 spiro atoms. The highest BCUT2D eigenvalue weighted by molar-refractivity contribution is 6.45. The summed E-state index contributed by atoms with van der Waals surface area (Å²) in [5.74, 6) is 1.62. The molecular weight excluding hydrogens is 149 g/mol. The molecule has 2 unspecified atom stereocenters. The summed E-state index contributed by atoms with van der Waals surface area (Å²) >= 11 is 0. The summed E-state index contributed by atoms with van der Waals surface area (Å²) in [5.41, 5.74) is 0. The molecule has 0 radical (unpaired) electrons. The average molecular weight is 169 g/mol. The van der Waals surface area contributed by atoms with Gasteiger partial charge < -0.3 is 9.83 Å². The van der Waals surface area contributed by atoms with Gasteiger partial charge in [0.25, 0.3) is 0 Å². The number of piperidine rings is 1. The van der Waals surface area contributed by atoms with Gasteiger partial charge in [0.1, 0.15) is 0 Å². The monoisotopic (exact) mass is 169 g/mol. The lowest BCUT2D eigenvalue weighted by atomic mass is 9.77. The predicted molar refractivity (Wildman–Crippen MR) is 53.0 cm³/mol. The van der Waals surface area contributed by atoms with E-state index in [2.05, 4.69) is 18.7 Å². The van der Waals surface area contributed by atoms with Crippen LogP contribution in [0.25, 0.3) is 0 Å². The molecule has 3 heteroatoms. The first-order chi connectivity index (χ1) is 5.65. The Morgan fingerprint density at radius 3 is 2.75 bits per heavy atom. The highest BCUT2D eigenvalue weighted by atomic mass is 16.2. The molecule has 1 fully saturated rings. The zero-order chi connectivity index (χ0) is 9.14. The van der Waals surface area contributed by atoms with Gasteiger partial charge in [-0.3, -0.25) is 0 Å². The molecule has 12 heavy (non-hydrogen) atoms. The Balaban J connectivity index is 2.44. The second-order valence-corrected chi connectivity index (χ2v) is 4.06. The largest absolute Gasteiger partial charge is 0.437 e. The molecule has 2 nitrogen and oxygen atoms in total. The van der Waals surface area contributed by atoms with Crippen molar-refractivity contribution in [3.8, 4) is 0 Å². The number of nitrogens with zero attached hydrogens (tertiary/aromatic N) is 1. The first kappa shape index (κ1) is 10.1. The lowest BCUT2D eigenvalue weighted by Crippen LogP contribution is -2.46. The predicted octanol–water partition coefficient (Wildman–Crippen LogP) is 1.46. The van der Waals surface area contributed by atoms with Crippen LogP contribution in [0.1, 0.15) is 26.7 Å². The maximum absolute atomic E-state index is 9.40. The van der Waals surface area contributed by atoms with Gasteiger partial charge >= 0.3 is 7.05 Å². The topological polar surface area (TPSA) is 23.5 Å². The number of hydrogen-bond acceptors (Lipinski definition) is 2. The second kappa shape index (κ2) is 4.29. The minimum absolute atomic E-state index is 0.258. The van der Waals surface area contributed by atoms with Crippen LogP contribution in [0.5, 0.6) is 0 Å². The Morgan fingerprint density at radius 1 is 1.58 bits per heavy atom. The zero-order valence-electron chi connectivity index (χ0n) is 8.45. The van der Waals surface area contributed by atoms with Gasteiger partial charge in [-0.15, -0.1) is 0 Å². The Bertz CT molecular complexity index is 140. The molecule has 0 aromatic rings. The van der Waals surface area contributed by atoms with Crippen molar-refractivity contribution < 1.29 is 5.02 Å². The van der Waals surface area contributed by atoms with Crippen LogP contribution < -0.4 is 0 Å². The van der Waals surface area contributed by atoms with E-state index in [0.717, 1.165) is 24.9 Å². The molecule has 1 rings (SSSR count). The molecular formula is C9H20BNO. The van der Waals surface area contributed by atoms with Gasteiger partial charge in [0.15, 0.2) is 0 Å². The third-order valence-electron chi connectivity index (χ3n) is 3.20. The summed E-state index contributed by atoms with van der Waals surface area (Å²) < 4.78 is 0. The van der Waals surface area contributed by atoms with Crippen LogP contribution in [0.3, 0.4) is 0 Å². The van der Waals surface area contributed by atoms with Gasteiger partial charge in [0.05, 0.1) is 0 Å². The summed E-state index contributed by atoms with van der Waals surface area (Å²) in [6.07, 6.45) is 2.48. The van der Waals surface area contributed by atoms with Crippen LogP contribution in [-0.2, 0) is 0 Å². The van der Waals surface area contributed by atoms with E-state index >= 15 is 0 Å². The highest BCUT2D eigenvalue weighted by Gasteiger charge is 2.28. The molecule has 0 aliphatic carbocycles. The Morgan fingerprint density at radius 2 is 2.25 bits per heavy atom. The highest BCUT2D eigenvalue weighted by Crippen LogP contribution is 2.25. The van der Waals surface area contributed by atoms with Crippen LogP contribution in [-0.4, -0.2) is 30.0 Å². The molecule has 1 aliphatic rings. The molecule has 0 saturated carbocycles. The van der Waals surface area contributed by atoms with E-state index in [-0.39, 0.29) is 7.05 Å². The van der Waals surface area contributed by atoms with Crippen LogP contribution in [0, 0.1) is 11.8 Å². The second-order valence-electron chi connectivity index (χ2n) is 4.06. The van der Waals surface area contributed by atoms with Crippen molar-refractivity contribution in [2.75, 3.05) is 13.1 Å². The quantitative estimate of drug-likeness (QED) is 0.632. The van der Waals surface area contributed by atoms with Crippen LogP contribution in [0.4, 0.5) is 0 Å². The van der Waals surface area contributed by atoms with E-state index in [9.17, 15) is 5.02 Å². The Hall–Kier alpha value is -0.0151. The summed E-state index contributed by atoms with van der Waals surface area (Å²) in [6, 6.07) is 0. The molecule has 1 heterocycles. The van der Waals surface area contributed by atoms with Gasteiger partial charge in [-0.25, -0.2) is 0 Å². The normalized spacial score (nSPS) is 32.0. The van der Waals surface area contributed by atoms with Gasteiger partial charge in [-0.2, -0.15) is 0 Å². The summed E-state index contributed by atoms with van der Waals surface area (Å²) in [4.78, 5) is 2.17. The zero-order valence-corrected chi connectivity index (χ0v) is 8.45. The molecule has 0 aromatic carbocycles. The third-order valence-corrected chi connectivity index (χ3v) is 3.20. The third kappa shape index (κ3) is 2.24. The summed E-state index contributed by atoms with van der Waals surface area (Å²) in [5, 5.41) is 9.40. The first-order valence-corrected chi connectivity index (χ1v) is 5.07. The van der Waals surface area contributed by atoms with Crippen molar-refractivity contribution in [3.05, 3.63) is 0 Å². The molecule has 1 saturated heterocycles. The van der Waals surface area contributed by atoms with Gasteiger partial charge in [0.2, 0.25) is 0 Å². The Labute approximate surface area is 76.1 Å². The maximum Gasteiger partial charge on any atom is 0.376 e. The van der Waals surface area contributed by atoms with E-state index in [0.29, 0.717) is 0 Å². The Kier molecular flexibility index (Phi) is 3.60. The number of rotatable bonds is 2. The maximum atomic E-state index is 9.40. The molecule has 0 bridgehead atoms. The smallest absolute Gasteiger partial charge is 0.376 e. The fraction of sp³-hybridized carbons (Fsp3) is 1.00.